The molecular formula is C12H21F2NO3. The number of nitrogens with one attached hydrogen (secondary N) is 1. The van der Waals surface area contributed by atoms with E-state index in [-0.39, 0.29) is 0 Å². The van der Waals surface area contributed by atoms with Crippen LogP contribution in [0.3, 0.4) is 0 Å². The van der Waals surface area contributed by atoms with Crippen molar-refractivity contribution in [3.8, 4) is 0 Å². The summed E-state index contributed by atoms with van der Waals surface area (Å²) >= 11 is 0. The van der Waals surface area contributed by atoms with Crippen molar-refractivity contribution in [3.63, 3.8) is 0 Å². The largest absolute Gasteiger partial charge is 0.444 e. The second kappa shape index (κ2) is 5.63. The molecule has 0 fully saturated rings. The maximum absolute atomic E-state index is 12.5. The number of carbonyl (C=O) groups is 2. The van der Waals surface area contributed by atoms with Crippen LogP contribution in [0.25, 0.3) is 0 Å². The molecule has 0 aromatic rings. The molecule has 1 unspecified atom stereocenters. The maximum Gasteiger partial charge on any atom is 0.408 e. The average molecular weight is 265 g/mol. The van der Waals surface area contributed by atoms with Crippen LogP contribution in [-0.4, -0.2) is 29.9 Å². The normalized spacial score (nSPS) is 14.3. The summed E-state index contributed by atoms with van der Waals surface area (Å²) in [6, 6.07) is -1.28. The summed E-state index contributed by atoms with van der Waals surface area (Å²) in [5.74, 6) is -1.31. The molecule has 0 aliphatic heterocycles. The van der Waals surface area contributed by atoms with Gasteiger partial charge in [0.1, 0.15) is 11.6 Å². The molecule has 0 radical (unpaired) electrons. The first-order valence-electron chi connectivity index (χ1n) is 5.66. The van der Waals surface area contributed by atoms with E-state index in [0.29, 0.717) is 0 Å². The van der Waals surface area contributed by atoms with Crippen LogP contribution in [0.4, 0.5) is 13.6 Å². The van der Waals surface area contributed by atoms with Crippen LogP contribution in [0.15, 0.2) is 0 Å². The number of hydrogen-bond donors (Lipinski definition) is 1. The molecule has 0 rings (SSSR count). The van der Waals surface area contributed by atoms with Gasteiger partial charge in [0, 0.05) is 0 Å². The van der Waals surface area contributed by atoms with Crippen molar-refractivity contribution in [2.45, 2.75) is 59.6 Å². The van der Waals surface area contributed by atoms with Crippen LogP contribution < -0.4 is 5.32 Å². The van der Waals surface area contributed by atoms with Crippen LogP contribution in [0.1, 0.15) is 41.5 Å². The van der Waals surface area contributed by atoms with E-state index in [1.807, 2.05) is 0 Å². The van der Waals surface area contributed by atoms with Gasteiger partial charge in [-0.3, -0.25) is 4.79 Å². The van der Waals surface area contributed by atoms with Crippen molar-refractivity contribution in [2.24, 2.45) is 5.41 Å². The Hall–Kier alpha value is -1.20. The molecule has 106 valence electrons. The second-order valence-electron chi connectivity index (χ2n) is 6.15. The number of halogens is 2. The zero-order valence-electron chi connectivity index (χ0n) is 11.6. The van der Waals surface area contributed by atoms with Gasteiger partial charge in [-0.1, -0.05) is 20.8 Å². The second-order valence-corrected chi connectivity index (χ2v) is 6.15. The Balaban J connectivity index is 4.83. The van der Waals surface area contributed by atoms with Gasteiger partial charge in [0.25, 0.3) is 6.43 Å². The number of rotatable bonds is 3. The van der Waals surface area contributed by atoms with Crippen molar-refractivity contribution >= 4 is 11.9 Å². The van der Waals surface area contributed by atoms with E-state index in [9.17, 15) is 18.4 Å². The molecule has 0 spiro atoms. The van der Waals surface area contributed by atoms with Gasteiger partial charge in [-0.05, 0) is 26.2 Å². The lowest BCUT2D eigenvalue weighted by Crippen LogP contribution is -2.52. The molecule has 0 aromatic carbocycles. The van der Waals surface area contributed by atoms with Crippen molar-refractivity contribution in [1.29, 1.82) is 0 Å². The molecule has 1 atom stereocenters. The fourth-order valence-electron chi connectivity index (χ4n) is 1.27. The van der Waals surface area contributed by atoms with Crippen LogP contribution in [0, 0.1) is 5.41 Å². The summed E-state index contributed by atoms with van der Waals surface area (Å²) in [5.41, 5.74) is -1.56. The van der Waals surface area contributed by atoms with Gasteiger partial charge in [-0.15, -0.1) is 0 Å². The lowest BCUT2D eigenvalue weighted by Gasteiger charge is -2.31. The van der Waals surface area contributed by atoms with Gasteiger partial charge < -0.3 is 10.1 Å². The number of alkyl carbamates (subject to hydrolysis) is 1. The van der Waals surface area contributed by atoms with Crippen LogP contribution in [0.2, 0.25) is 0 Å². The van der Waals surface area contributed by atoms with Gasteiger partial charge in [-0.2, -0.15) is 0 Å². The molecule has 0 heterocycles. The lowest BCUT2D eigenvalue weighted by atomic mass is 9.84. The number of carbonyl (C=O) groups excluding carboxylic acids is 2. The summed E-state index contributed by atoms with van der Waals surface area (Å²) in [4.78, 5) is 22.9. The number of Topliss-reactive ketones (excluding diaryl/α,β-unsaturated/α-hetero) is 1. The van der Waals surface area contributed by atoms with E-state index in [4.69, 9.17) is 4.74 Å². The Morgan fingerprint density at radius 3 is 1.78 bits per heavy atom. The zero-order chi connectivity index (χ0) is 14.7. The maximum atomic E-state index is 12.5. The molecular weight excluding hydrogens is 244 g/mol. The first kappa shape index (κ1) is 16.8. The first-order chi connectivity index (χ1) is 7.84. The summed E-state index contributed by atoms with van der Waals surface area (Å²) in [6.45, 7) is 9.72. The molecule has 18 heavy (non-hydrogen) atoms. The minimum Gasteiger partial charge on any atom is -0.444 e. The van der Waals surface area contributed by atoms with E-state index in [1.54, 1.807) is 41.5 Å². The van der Waals surface area contributed by atoms with Gasteiger partial charge in [-0.25, -0.2) is 13.6 Å². The highest BCUT2D eigenvalue weighted by Gasteiger charge is 2.37. The van der Waals surface area contributed by atoms with Crippen LogP contribution in [-0.2, 0) is 9.53 Å². The zero-order valence-corrected chi connectivity index (χ0v) is 11.6. The minimum absolute atomic E-state index is 0.750. The smallest absolute Gasteiger partial charge is 0.408 e. The highest BCUT2D eigenvalue weighted by Crippen LogP contribution is 2.22. The highest BCUT2D eigenvalue weighted by molar-refractivity contribution is 5.90. The predicted octanol–water partition coefficient (Wildman–Crippen LogP) is 2.76. The summed E-state index contributed by atoms with van der Waals surface area (Å²) in [7, 11) is 0. The minimum atomic E-state index is -3.12. The summed E-state index contributed by atoms with van der Waals surface area (Å²) in [6.07, 6.45) is -4.00. The van der Waals surface area contributed by atoms with Crippen molar-refractivity contribution in [2.75, 3.05) is 0 Å². The molecule has 0 saturated carbocycles. The Morgan fingerprint density at radius 1 is 1.06 bits per heavy atom. The molecule has 0 saturated heterocycles. The fraction of sp³-hybridized carbons (Fsp3) is 0.833. The van der Waals surface area contributed by atoms with Gasteiger partial charge in [0.2, 0.25) is 5.78 Å². The van der Waals surface area contributed by atoms with Gasteiger partial charge in [0.05, 0.1) is 0 Å². The lowest BCUT2D eigenvalue weighted by molar-refractivity contribution is -0.134. The van der Waals surface area contributed by atoms with E-state index in [2.05, 4.69) is 5.32 Å². The molecule has 0 aromatic heterocycles. The number of ether oxygens (including phenoxy) is 1. The molecule has 0 aliphatic carbocycles. The Bertz CT molecular complexity index is 316. The van der Waals surface area contributed by atoms with E-state index >= 15 is 0 Å². The number of ketones is 1. The third kappa shape index (κ3) is 5.93. The fourth-order valence-corrected chi connectivity index (χ4v) is 1.27. The van der Waals surface area contributed by atoms with Crippen molar-refractivity contribution in [3.05, 3.63) is 0 Å². The van der Waals surface area contributed by atoms with Crippen LogP contribution >= 0.6 is 0 Å². The number of hydrogen-bond acceptors (Lipinski definition) is 3. The Labute approximate surface area is 106 Å². The Kier molecular flexibility index (Phi) is 5.25. The van der Waals surface area contributed by atoms with Gasteiger partial charge in [0.15, 0.2) is 0 Å². The monoisotopic (exact) mass is 265 g/mol. The molecule has 0 bridgehead atoms. The van der Waals surface area contributed by atoms with E-state index in [1.165, 1.54) is 0 Å². The van der Waals surface area contributed by atoms with Crippen molar-refractivity contribution < 1.29 is 23.1 Å². The third-order valence-corrected chi connectivity index (χ3v) is 2.03. The Morgan fingerprint density at radius 2 is 1.50 bits per heavy atom. The summed E-state index contributed by atoms with van der Waals surface area (Å²) in [5, 5.41) is 2.20. The molecule has 1 amide bonds. The average Bonchev–Trinajstić information content (AvgIpc) is 2.08. The standard InChI is InChI=1S/C12H21F2NO3/c1-11(2,3)8(7(16)9(13)14)15-10(17)18-12(4,5)6/h8-9H,1-6H3,(H,15,17). The molecule has 6 heteroatoms. The highest BCUT2D eigenvalue weighted by atomic mass is 19.3. The summed E-state index contributed by atoms with van der Waals surface area (Å²) < 4.78 is 29.9. The predicted molar refractivity (Wildman–Crippen MR) is 63.6 cm³/mol. The topological polar surface area (TPSA) is 55.4 Å². The number of alkyl halides is 2. The van der Waals surface area contributed by atoms with Gasteiger partial charge >= 0.3 is 6.09 Å². The molecule has 0 aliphatic rings. The SMILES string of the molecule is CC(C)(C)OC(=O)NC(C(=O)C(F)F)C(C)(C)C. The van der Waals surface area contributed by atoms with Crippen molar-refractivity contribution in [1.82, 2.24) is 5.32 Å². The van der Waals surface area contributed by atoms with Crippen LogP contribution in [0.5, 0.6) is 0 Å². The number of amides is 1. The third-order valence-electron chi connectivity index (χ3n) is 2.03. The van der Waals surface area contributed by atoms with E-state index in [0.717, 1.165) is 0 Å². The quantitative estimate of drug-likeness (QED) is 0.853. The van der Waals surface area contributed by atoms with E-state index < -0.39 is 35.4 Å². The molecule has 1 N–H and O–H groups in total. The first-order valence-corrected chi connectivity index (χ1v) is 5.66. The molecule has 4 nitrogen and oxygen atoms in total.